The highest BCUT2D eigenvalue weighted by atomic mass is 35.5. The summed E-state index contributed by atoms with van der Waals surface area (Å²) in [6.07, 6.45) is 0. The van der Waals surface area contributed by atoms with Crippen molar-refractivity contribution in [2.75, 3.05) is 6.61 Å². The van der Waals surface area contributed by atoms with Crippen molar-refractivity contribution in [1.29, 1.82) is 5.26 Å². The summed E-state index contributed by atoms with van der Waals surface area (Å²) < 4.78 is 22.5. The van der Waals surface area contributed by atoms with Crippen LogP contribution in [0, 0.1) is 11.3 Å². The first-order valence-corrected chi connectivity index (χ1v) is 12.5. The van der Waals surface area contributed by atoms with Gasteiger partial charge in [-0.3, -0.25) is 0 Å². The second-order valence-corrected chi connectivity index (χ2v) is 9.07. The van der Waals surface area contributed by atoms with Gasteiger partial charge in [-0.1, -0.05) is 72.3 Å². The molecule has 39 heavy (non-hydrogen) atoms. The average Bonchev–Trinajstić information content (AvgIpc) is 2.96. The van der Waals surface area contributed by atoms with Crippen LogP contribution in [0.25, 0.3) is 0 Å². The third-order valence-electron chi connectivity index (χ3n) is 6.07. The molecular weight excluding hydrogens is 516 g/mol. The molecule has 0 bridgehead atoms. The molecule has 0 saturated carbocycles. The number of hydrogen-bond acceptors (Lipinski definition) is 7. The fraction of sp³-hybridized carbons (Fsp3) is 0.0968. The van der Waals surface area contributed by atoms with Gasteiger partial charge in [0.25, 0.3) is 0 Å². The lowest BCUT2D eigenvalue weighted by Crippen LogP contribution is -2.21. The third-order valence-corrected chi connectivity index (χ3v) is 6.38. The van der Waals surface area contributed by atoms with E-state index in [0.717, 1.165) is 11.1 Å². The highest BCUT2D eigenvalue weighted by molar-refractivity contribution is 6.32. The lowest BCUT2D eigenvalue weighted by atomic mass is 9.83. The zero-order valence-electron chi connectivity index (χ0n) is 20.7. The molecule has 1 unspecified atom stereocenters. The zero-order valence-corrected chi connectivity index (χ0v) is 21.4. The number of hydrogen-bond donors (Lipinski definition) is 1. The van der Waals surface area contributed by atoms with E-state index in [1.165, 1.54) is 0 Å². The fourth-order valence-corrected chi connectivity index (χ4v) is 4.39. The van der Waals surface area contributed by atoms with Crippen LogP contribution in [0.3, 0.4) is 0 Å². The Morgan fingerprint density at radius 2 is 1.64 bits per heavy atom. The Morgan fingerprint density at radius 1 is 0.923 bits per heavy atom. The van der Waals surface area contributed by atoms with E-state index in [1.54, 1.807) is 42.5 Å². The van der Waals surface area contributed by atoms with Crippen molar-refractivity contribution in [2.24, 2.45) is 5.73 Å². The summed E-state index contributed by atoms with van der Waals surface area (Å²) in [5.41, 5.74) is 9.03. The van der Waals surface area contributed by atoms with Gasteiger partial charge in [-0.15, -0.1) is 0 Å². The number of halogens is 1. The van der Waals surface area contributed by atoms with Gasteiger partial charge in [0.05, 0.1) is 10.9 Å². The Morgan fingerprint density at radius 3 is 2.38 bits per heavy atom. The smallest absolute Gasteiger partial charge is 0.349 e. The summed E-state index contributed by atoms with van der Waals surface area (Å²) in [6, 6.07) is 31.3. The molecule has 0 radical (unpaired) electrons. The molecule has 0 aliphatic carbocycles. The lowest BCUT2D eigenvalue weighted by Gasteiger charge is -2.26. The van der Waals surface area contributed by atoms with Crippen LogP contribution in [0.15, 0.2) is 109 Å². The van der Waals surface area contributed by atoms with Crippen LogP contribution in [-0.4, -0.2) is 12.6 Å². The number of carbonyl (C=O) groups is 1. The molecule has 7 nitrogen and oxygen atoms in total. The van der Waals surface area contributed by atoms with Crippen molar-refractivity contribution in [3.8, 4) is 29.1 Å². The molecule has 2 N–H and O–H groups in total. The summed E-state index contributed by atoms with van der Waals surface area (Å²) >= 11 is 6.06. The van der Waals surface area contributed by atoms with E-state index in [0.29, 0.717) is 40.0 Å². The minimum atomic E-state index is -0.616. The topological polar surface area (TPSA) is 104 Å². The average molecular weight is 539 g/mol. The van der Waals surface area contributed by atoms with Gasteiger partial charge in [0.2, 0.25) is 5.88 Å². The van der Waals surface area contributed by atoms with Crippen LogP contribution >= 0.6 is 11.6 Å². The molecule has 0 amide bonds. The third kappa shape index (κ3) is 5.98. The van der Waals surface area contributed by atoms with Crippen molar-refractivity contribution in [1.82, 2.24) is 0 Å². The Kier molecular flexibility index (Phi) is 7.67. The van der Waals surface area contributed by atoms with Gasteiger partial charge in [-0.2, -0.15) is 5.26 Å². The first-order chi connectivity index (χ1) is 19.0. The summed E-state index contributed by atoms with van der Waals surface area (Å²) in [5.74, 6) is 0.629. The number of esters is 1. The van der Waals surface area contributed by atoms with Crippen molar-refractivity contribution in [2.45, 2.75) is 12.5 Å². The molecule has 8 heteroatoms. The highest BCUT2D eigenvalue weighted by Crippen LogP contribution is 2.43. The quantitative estimate of drug-likeness (QED) is 0.213. The van der Waals surface area contributed by atoms with Crippen LogP contribution in [-0.2, 0) is 11.4 Å². The normalized spacial score (nSPS) is 14.0. The number of rotatable bonds is 8. The van der Waals surface area contributed by atoms with Crippen LogP contribution in [0.2, 0.25) is 5.02 Å². The van der Waals surface area contributed by atoms with E-state index >= 15 is 0 Å². The molecule has 5 rings (SSSR count). The van der Waals surface area contributed by atoms with Gasteiger partial charge in [-0.25, -0.2) is 4.79 Å². The molecule has 4 aromatic rings. The fourth-order valence-electron chi connectivity index (χ4n) is 4.20. The molecule has 1 aliphatic rings. The van der Waals surface area contributed by atoms with Gasteiger partial charge in [0, 0.05) is 11.6 Å². The SMILES string of the molecule is N#CC1=C(N)Oc2cc(OC(=O)COc3ccccc3Cl)ccc2C1c1ccc(OCc2ccccc2)cc1. The maximum Gasteiger partial charge on any atom is 0.349 e. The lowest BCUT2D eigenvalue weighted by molar-refractivity contribution is -0.136. The van der Waals surface area contributed by atoms with Gasteiger partial charge >= 0.3 is 5.97 Å². The number of nitriles is 1. The molecule has 1 atom stereocenters. The molecule has 0 fully saturated rings. The Bertz CT molecular complexity index is 1560. The van der Waals surface area contributed by atoms with Gasteiger partial charge < -0.3 is 24.7 Å². The standard InChI is InChI=1S/C31H23ClN2O5/c32-26-8-4-5-9-27(26)37-19-29(35)38-23-14-15-24-28(16-23)39-31(34)25(17-33)30(24)21-10-12-22(13-11-21)36-18-20-6-2-1-3-7-20/h1-16,30H,18-19,34H2. The number of para-hydroxylation sites is 1. The van der Waals surface area contributed by atoms with E-state index in [9.17, 15) is 10.1 Å². The molecule has 1 aliphatic heterocycles. The predicted octanol–water partition coefficient (Wildman–Crippen LogP) is 6.12. The van der Waals surface area contributed by atoms with E-state index < -0.39 is 11.9 Å². The van der Waals surface area contributed by atoms with E-state index in [4.69, 9.17) is 36.3 Å². The highest BCUT2D eigenvalue weighted by Gasteiger charge is 2.31. The predicted molar refractivity (Wildman–Crippen MR) is 146 cm³/mol. The van der Waals surface area contributed by atoms with Crippen molar-refractivity contribution in [3.05, 3.63) is 130 Å². The van der Waals surface area contributed by atoms with E-state index in [1.807, 2.05) is 54.6 Å². The Hall–Kier alpha value is -4.93. The van der Waals surface area contributed by atoms with E-state index in [2.05, 4.69) is 6.07 Å². The number of benzene rings is 4. The molecule has 194 valence electrons. The second kappa shape index (κ2) is 11.6. The van der Waals surface area contributed by atoms with Gasteiger partial charge in [-0.05, 0) is 41.5 Å². The first-order valence-electron chi connectivity index (χ1n) is 12.1. The van der Waals surface area contributed by atoms with Crippen molar-refractivity contribution < 1.29 is 23.7 Å². The molecule has 4 aromatic carbocycles. The second-order valence-electron chi connectivity index (χ2n) is 8.66. The molecule has 0 spiro atoms. The Balaban J connectivity index is 1.31. The minimum Gasteiger partial charge on any atom is -0.489 e. The number of allylic oxidation sites excluding steroid dienone is 1. The van der Waals surface area contributed by atoms with Gasteiger partial charge in [0.15, 0.2) is 6.61 Å². The van der Waals surface area contributed by atoms with Crippen LogP contribution < -0.4 is 24.7 Å². The minimum absolute atomic E-state index is 0.00932. The number of nitrogens with two attached hydrogens (primary N) is 1. The molecule has 1 heterocycles. The number of nitrogens with zero attached hydrogens (tertiary/aromatic N) is 1. The molecular formula is C31H23ClN2O5. The zero-order chi connectivity index (χ0) is 27.2. The van der Waals surface area contributed by atoms with Crippen molar-refractivity contribution >= 4 is 17.6 Å². The Labute approximate surface area is 230 Å². The summed E-state index contributed by atoms with van der Waals surface area (Å²) in [4.78, 5) is 12.4. The molecule has 0 aromatic heterocycles. The largest absolute Gasteiger partial charge is 0.489 e. The number of carbonyl (C=O) groups excluding carboxylic acids is 1. The van der Waals surface area contributed by atoms with Gasteiger partial charge in [0.1, 0.15) is 41.2 Å². The van der Waals surface area contributed by atoms with Crippen LogP contribution in [0.5, 0.6) is 23.0 Å². The monoisotopic (exact) mass is 538 g/mol. The first kappa shape index (κ1) is 25.7. The summed E-state index contributed by atoms with van der Waals surface area (Å²) in [6.45, 7) is 0.116. The van der Waals surface area contributed by atoms with E-state index in [-0.39, 0.29) is 18.2 Å². The summed E-state index contributed by atoms with van der Waals surface area (Å²) in [7, 11) is 0. The maximum atomic E-state index is 12.4. The van der Waals surface area contributed by atoms with Crippen LogP contribution in [0.4, 0.5) is 0 Å². The number of ether oxygens (including phenoxy) is 4. The van der Waals surface area contributed by atoms with Crippen molar-refractivity contribution in [3.63, 3.8) is 0 Å². The number of fused-ring (bicyclic) bond motifs is 1. The van der Waals surface area contributed by atoms with Crippen LogP contribution in [0.1, 0.15) is 22.6 Å². The molecule has 0 saturated heterocycles. The summed E-state index contributed by atoms with van der Waals surface area (Å²) in [5, 5.41) is 10.2. The maximum absolute atomic E-state index is 12.4.